The maximum absolute atomic E-state index is 16.0. The molecule has 0 unspecified atom stereocenters. The maximum atomic E-state index is 16.0. The third kappa shape index (κ3) is 6.67. The number of nitrogens with zero attached hydrogens (tertiary/aromatic N) is 6. The van der Waals surface area contributed by atoms with Crippen molar-refractivity contribution in [1.82, 2.24) is 30.0 Å². The minimum atomic E-state index is -0.561. The molecule has 0 radical (unpaired) electrons. The number of carbonyl (C=O) groups excluding carboxylic acids is 2. The highest BCUT2D eigenvalue weighted by molar-refractivity contribution is 6.09. The van der Waals surface area contributed by atoms with E-state index in [1.807, 2.05) is 6.07 Å². The Balaban J connectivity index is 0.860. The van der Waals surface area contributed by atoms with Crippen molar-refractivity contribution in [3.63, 3.8) is 0 Å². The number of piperidine rings is 1. The Morgan fingerprint density at radius 3 is 2.60 bits per heavy atom. The highest BCUT2D eigenvalue weighted by Crippen LogP contribution is 2.37. The lowest BCUT2D eigenvalue weighted by Gasteiger charge is -2.35. The number of rotatable bonds is 8. The van der Waals surface area contributed by atoms with Gasteiger partial charge < -0.3 is 14.2 Å². The number of aromatic nitrogens is 4. The van der Waals surface area contributed by atoms with Crippen LogP contribution in [0.25, 0.3) is 32.8 Å². The molecule has 3 aliphatic heterocycles. The lowest BCUT2D eigenvalue weighted by atomic mass is 9.85. The molecular formula is C43H42F2N8O4. The van der Waals surface area contributed by atoms with E-state index >= 15 is 8.78 Å². The van der Waals surface area contributed by atoms with E-state index in [-0.39, 0.29) is 35.8 Å². The Bertz CT molecular complexity index is 2630. The molecule has 14 heteroatoms. The lowest BCUT2D eigenvalue weighted by molar-refractivity contribution is -0.120. The smallest absolute Gasteiger partial charge is 0.329 e. The summed E-state index contributed by atoms with van der Waals surface area (Å²) in [4.78, 5) is 46.6. The van der Waals surface area contributed by atoms with Crippen LogP contribution in [0.2, 0.25) is 0 Å². The summed E-state index contributed by atoms with van der Waals surface area (Å²) in [6.45, 7) is 3.49. The van der Waals surface area contributed by atoms with Gasteiger partial charge in [0.15, 0.2) is 11.6 Å². The zero-order valence-electron chi connectivity index (χ0n) is 31.8. The van der Waals surface area contributed by atoms with Gasteiger partial charge in [-0.3, -0.25) is 34.8 Å². The van der Waals surface area contributed by atoms with Crippen molar-refractivity contribution in [3.8, 4) is 16.9 Å². The van der Waals surface area contributed by atoms with E-state index in [1.54, 1.807) is 50.9 Å². The number of pyridine rings is 2. The second-order valence-corrected chi connectivity index (χ2v) is 15.3. The monoisotopic (exact) mass is 772 g/mol. The predicted molar refractivity (Wildman–Crippen MR) is 213 cm³/mol. The molecule has 2 saturated heterocycles. The summed E-state index contributed by atoms with van der Waals surface area (Å²) in [6.07, 6.45) is 8.71. The standard InChI is InChI=1S/C43H42F2N8O4/c1-50-23-33(30-8-13-46-21-32(30)42(50)55)28-19-35(44)34(37(20-28)57-2)24-51-14-11-29-26(4-3-5-27(29)22-51)18-25-9-15-52(16-10-25)36-7-6-31-40(39(36)45)48-49-41(31)53-17-12-38(54)47-43(53)56/h3-8,13,19-21,23,25H,9-12,14-18,22,24H2,1-2H3,(H,48,49)(H,47,54,56). The van der Waals surface area contributed by atoms with Crippen LogP contribution < -0.4 is 25.4 Å². The normalized spacial score (nSPS) is 16.7. The van der Waals surface area contributed by atoms with Gasteiger partial charge in [0.1, 0.15) is 17.1 Å². The Morgan fingerprint density at radius 1 is 0.947 bits per heavy atom. The van der Waals surface area contributed by atoms with Crippen LogP contribution in [0.3, 0.4) is 0 Å². The van der Waals surface area contributed by atoms with E-state index in [1.165, 1.54) is 32.2 Å². The highest BCUT2D eigenvalue weighted by atomic mass is 19.1. The number of ether oxygens (including phenoxy) is 1. The largest absolute Gasteiger partial charge is 0.496 e. The number of H-pyrrole nitrogens is 1. The molecule has 0 aliphatic carbocycles. The third-order valence-electron chi connectivity index (χ3n) is 11.9. The summed E-state index contributed by atoms with van der Waals surface area (Å²) in [5.41, 5.74) is 6.41. The molecule has 292 valence electrons. The zero-order chi connectivity index (χ0) is 39.4. The molecule has 57 heavy (non-hydrogen) atoms. The molecule has 2 N–H and O–H groups in total. The number of anilines is 2. The molecule has 3 aliphatic rings. The van der Waals surface area contributed by atoms with Crippen LogP contribution >= 0.6 is 0 Å². The number of halogens is 2. The van der Waals surface area contributed by atoms with Crippen LogP contribution in [0.5, 0.6) is 5.75 Å². The molecule has 12 nitrogen and oxygen atoms in total. The predicted octanol–water partition coefficient (Wildman–Crippen LogP) is 6.23. The van der Waals surface area contributed by atoms with Gasteiger partial charge in [-0.05, 0) is 89.6 Å². The number of aromatic amines is 1. The molecule has 3 aromatic carbocycles. The van der Waals surface area contributed by atoms with Crippen LogP contribution in [0.1, 0.15) is 41.5 Å². The first-order valence-corrected chi connectivity index (χ1v) is 19.3. The number of carbonyl (C=O) groups is 2. The molecule has 6 heterocycles. The van der Waals surface area contributed by atoms with E-state index in [0.29, 0.717) is 63.5 Å². The number of methoxy groups -OCH3 is 1. The minimum Gasteiger partial charge on any atom is -0.496 e. The van der Waals surface area contributed by atoms with Crippen LogP contribution in [-0.4, -0.2) is 69.9 Å². The Kier molecular flexibility index (Phi) is 9.43. The van der Waals surface area contributed by atoms with Gasteiger partial charge in [-0.1, -0.05) is 18.2 Å². The van der Waals surface area contributed by atoms with E-state index in [0.717, 1.165) is 50.9 Å². The van der Waals surface area contributed by atoms with E-state index in [9.17, 15) is 14.4 Å². The first kappa shape index (κ1) is 36.5. The number of urea groups is 1. The second kappa shape index (κ2) is 14.7. The van der Waals surface area contributed by atoms with Crippen LogP contribution in [0.4, 0.5) is 25.1 Å². The van der Waals surface area contributed by atoms with Crippen molar-refractivity contribution < 1.29 is 23.1 Å². The van der Waals surface area contributed by atoms with Crippen LogP contribution in [0.15, 0.2) is 71.9 Å². The van der Waals surface area contributed by atoms with Gasteiger partial charge >= 0.3 is 6.03 Å². The molecule has 0 saturated carbocycles. The average Bonchev–Trinajstić information content (AvgIpc) is 3.65. The number of fused-ring (bicyclic) bond motifs is 3. The summed E-state index contributed by atoms with van der Waals surface area (Å²) in [5, 5.41) is 11.0. The molecule has 0 bridgehead atoms. The SMILES string of the molecule is COc1cc(-c2cn(C)c(=O)c3cnccc23)cc(F)c1CN1CCc2c(CC3CCN(c4ccc5c(N6CCC(=O)NC6=O)n[nH]c5c4F)CC3)cccc2C1. The average molecular weight is 773 g/mol. The minimum absolute atomic E-state index is 0.158. The number of amides is 3. The summed E-state index contributed by atoms with van der Waals surface area (Å²) < 4.78 is 39.2. The van der Waals surface area contributed by atoms with Crippen molar-refractivity contribution >= 4 is 45.1 Å². The van der Waals surface area contributed by atoms with Gasteiger partial charge in [0.2, 0.25) is 5.91 Å². The molecule has 2 fully saturated rings. The van der Waals surface area contributed by atoms with E-state index in [4.69, 9.17) is 4.74 Å². The van der Waals surface area contributed by atoms with Crippen molar-refractivity contribution in [2.24, 2.45) is 13.0 Å². The zero-order valence-corrected chi connectivity index (χ0v) is 31.8. The summed E-state index contributed by atoms with van der Waals surface area (Å²) in [5.74, 6) is 0.129. The number of imide groups is 1. The van der Waals surface area contributed by atoms with E-state index < -0.39 is 11.8 Å². The maximum Gasteiger partial charge on any atom is 0.329 e. The first-order chi connectivity index (χ1) is 27.7. The van der Waals surface area contributed by atoms with Crippen molar-refractivity contribution in [2.45, 2.75) is 45.2 Å². The fourth-order valence-electron chi connectivity index (χ4n) is 8.88. The van der Waals surface area contributed by atoms with Gasteiger partial charge in [0.25, 0.3) is 5.56 Å². The third-order valence-corrected chi connectivity index (χ3v) is 11.9. The fraction of sp³-hybridized carbons (Fsp3) is 0.326. The Morgan fingerprint density at radius 2 is 1.79 bits per heavy atom. The molecular weight excluding hydrogens is 731 g/mol. The summed E-state index contributed by atoms with van der Waals surface area (Å²) in [7, 11) is 3.24. The Labute approximate surface area is 327 Å². The summed E-state index contributed by atoms with van der Waals surface area (Å²) in [6, 6.07) is 14.6. The van der Waals surface area contributed by atoms with Gasteiger partial charge in [0, 0.05) is 87.8 Å². The lowest BCUT2D eigenvalue weighted by Crippen LogP contribution is -2.49. The quantitative estimate of drug-likeness (QED) is 0.187. The fourth-order valence-corrected chi connectivity index (χ4v) is 8.88. The van der Waals surface area contributed by atoms with Crippen molar-refractivity contribution in [2.75, 3.05) is 43.1 Å². The van der Waals surface area contributed by atoms with Gasteiger partial charge in [-0.15, -0.1) is 0 Å². The number of benzene rings is 3. The Hall–Kier alpha value is -6.15. The second-order valence-electron chi connectivity index (χ2n) is 15.3. The molecule has 3 amide bonds. The number of aryl methyl sites for hydroxylation is 1. The van der Waals surface area contributed by atoms with Crippen LogP contribution in [-0.2, 0) is 37.8 Å². The highest BCUT2D eigenvalue weighted by Gasteiger charge is 2.30. The number of hydrogen-bond donors (Lipinski definition) is 2. The van der Waals surface area contributed by atoms with Gasteiger partial charge in [-0.25, -0.2) is 13.6 Å². The molecule has 3 aromatic heterocycles. The molecule has 6 aromatic rings. The van der Waals surface area contributed by atoms with Crippen molar-refractivity contribution in [1.29, 1.82) is 0 Å². The van der Waals surface area contributed by atoms with Gasteiger partial charge in [-0.2, -0.15) is 5.10 Å². The molecule has 9 rings (SSSR count). The first-order valence-electron chi connectivity index (χ1n) is 19.3. The molecule has 0 atom stereocenters. The van der Waals surface area contributed by atoms with E-state index in [2.05, 4.69) is 48.5 Å². The number of hydrogen-bond acceptors (Lipinski definition) is 8. The number of nitrogens with one attached hydrogen (secondary N) is 2. The molecule has 0 spiro atoms. The summed E-state index contributed by atoms with van der Waals surface area (Å²) >= 11 is 0. The van der Waals surface area contributed by atoms with Gasteiger partial charge in [0.05, 0.1) is 18.2 Å². The topological polar surface area (TPSA) is 129 Å². The van der Waals surface area contributed by atoms with Crippen LogP contribution in [0, 0.1) is 17.6 Å². The van der Waals surface area contributed by atoms with Crippen molar-refractivity contribution in [3.05, 3.63) is 111 Å².